The topological polar surface area (TPSA) is 31.4 Å². The van der Waals surface area contributed by atoms with Gasteiger partial charge in [-0.15, -0.1) is 0 Å². The molecule has 1 aliphatic heterocycles. The van der Waals surface area contributed by atoms with Crippen LogP contribution in [-0.2, 0) is 0 Å². The average molecular weight is 276 g/mol. The molecule has 2 rings (SSSR count). The highest BCUT2D eigenvalue weighted by Crippen LogP contribution is 2.19. The molecule has 112 valence electrons. The summed E-state index contributed by atoms with van der Waals surface area (Å²) in [7, 11) is 4.03. The number of rotatable bonds is 4. The second-order valence-electron chi connectivity index (χ2n) is 6.20. The summed E-state index contributed by atoms with van der Waals surface area (Å²) >= 11 is 0. The van der Waals surface area contributed by atoms with Crippen LogP contribution in [0, 0.1) is 0 Å². The summed E-state index contributed by atoms with van der Waals surface area (Å²) in [5, 5.41) is 3.64. The summed E-state index contributed by atoms with van der Waals surface area (Å²) in [6.45, 7) is 7.00. The van der Waals surface area contributed by atoms with E-state index in [2.05, 4.69) is 41.2 Å². The minimum atomic E-state index is 0.575. The second-order valence-corrected chi connectivity index (χ2v) is 6.20. The molecule has 1 aromatic heterocycles. The summed E-state index contributed by atoms with van der Waals surface area (Å²) in [4.78, 5) is 9.07. The van der Waals surface area contributed by atoms with Crippen LogP contribution in [0.4, 0.5) is 11.5 Å². The molecule has 0 bridgehead atoms. The molecule has 0 saturated carbocycles. The predicted molar refractivity (Wildman–Crippen MR) is 86.5 cm³/mol. The third-order valence-corrected chi connectivity index (χ3v) is 4.07. The van der Waals surface area contributed by atoms with Crippen LogP contribution in [0.1, 0.15) is 33.1 Å². The first-order chi connectivity index (χ1) is 9.56. The van der Waals surface area contributed by atoms with Crippen LogP contribution in [0.5, 0.6) is 0 Å². The fourth-order valence-corrected chi connectivity index (χ4v) is 2.75. The second kappa shape index (κ2) is 6.93. The SMILES string of the molecule is CC(C)N1CCCC(Nc2ccc(N(C)C)nc2)CC1. The molecule has 1 fully saturated rings. The molecule has 0 aliphatic carbocycles. The molecule has 0 radical (unpaired) electrons. The first kappa shape index (κ1) is 15.1. The van der Waals surface area contributed by atoms with Crippen molar-refractivity contribution in [3.8, 4) is 0 Å². The molecule has 1 aromatic rings. The molecule has 20 heavy (non-hydrogen) atoms. The van der Waals surface area contributed by atoms with Crippen molar-refractivity contribution in [2.24, 2.45) is 0 Å². The lowest BCUT2D eigenvalue weighted by molar-refractivity contribution is 0.230. The van der Waals surface area contributed by atoms with Crippen molar-refractivity contribution in [3.05, 3.63) is 18.3 Å². The Balaban J connectivity index is 1.89. The lowest BCUT2D eigenvalue weighted by atomic mass is 10.1. The summed E-state index contributed by atoms with van der Waals surface area (Å²) < 4.78 is 0. The molecule has 2 heterocycles. The van der Waals surface area contributed by atoms with Crippen molar-refractivity contribution >= 4 is 11.5 Å². The molecule has 1 atom stereocenters. The van der Waals surface area contributed by atoms with Gasteiger partial charge in [0, 0.05) is 32.7 Å². The number of anilines is 2. The van der Waals surface area contributed by atoms with E-state index in [0.717, 1.165) is 11.5 Å². The van der Waals surface area contributed by atoms with Crippen LogP contribution in [-0.4, -0.2) is 49.2 Å². The molecule has 1 saturated heterocycles. The van der Waals surface area contributed by atoms with Gasteiger partial charge in [-0.2, -0.15) is 0 Å². The largest absolute Gasteiger partial charge is 0.381 e. The molecule has 4 nitrogen and oxygen atoms in total. The zero-order valence-electron chi connectivity index (χ0n) is 13.3. The standard InChI is InChI=1S/C16H28N4/c1-13(2)20-10-5-6-14(9-11-20)18-15-7-8-16(17-12-15)19(3)4/h7-8,12-14,18H,5-6,9-11H2,1-4H3. The van der Waals surface area contributed by atoms with Gasteiger partial charge >= 0.3 is 0 Å². The first-order valence-electron chi connectivity index (χ1n) is 7.70. The van der Waals surface area contributed by atoms with Gasteiger partial charge in [-0.3, -0.25) is 0 Å². The Labute approximate surface area is 123 Å². The summed E-state index contributed by atoms with van der Waals surface area (Å²) in [6, 6.07) is 5.44. The third-order valence-electron chi connectivity index (χ3n) is 4.07. The highest BCUT2D eigenvalue weighted by atomic mass is 15.2. The van der Waals surface area contributed by atoms with Crippen LogP contribution in [0.15, 0.2) is 18.3 Å². The molecule has 0 aromatic carbocycles. The van der Waals surface area contributed by atoms with Gasteiger partial charge in [0.1, 0.15) is 5.82 Å². The van der Waals surface area contributed by atoms with E-state index in [4.69, 9.17) is 0 Å². The van der Waals surface area contributed by atoms with Crippen LogP contribution in [0.2, 0.25) is 0 Å². The summed E-state index contributed by atoms with van der Waals surface area (Å²) in [6.07, 6.45) is 5.69. The van der Waals surface area contributed by atoms with Gasteiger partial charge in [0.05, 0.1) is 11.9 Å². The molecule has 1 unspecified atom stereocenters. The fourth-order valence-electron chi connectivity index (χ4n) is 2.75. The van der Waals surface area contributed by atoms with Gasteiger partial charge in [0.2, 0.25) is 0 Å². The van der Waals surface area contributed by atoms with E-state index in [9.17, 15) is 0 Å². The van der Waals surface area contributed by atoms with Crippen LogP contribution in [0.25, 0.3) is 0 Å². The fraction of sp³-hybridized carbons (Fsp3) is 0.688. The van der Waals surface area contributed by atoms with E-state index in [1.54, 1.807) is 0 Å². The molecule has 1 N–H and O–H groups in total. The van der Waals surface area contributed by atoms with Gasteiger partial charge in [0.25, 0.3) is 0 Å². The van der Waals surface area contributed by atoms with Gasteiger partial charge in [-0.25, -0.2) is 4.98 Å². The van der Waals surface area contributed by atoms with Crippen molar-refractivity contribution in [2.45, 2.75) is 45.2 Å². The van der Waals surface area contributed by atoms with E-state index in [-0.39, 0.29) is 0 Å². The molecular formula is C16H28N4. The van der Waals surface area contributed by atoms with Crippen LogP contribution >= 0.6 is 0 Å². The Hall–Kier alpha value is -1.29. The zero-order chi connectivity index (χ0) is 14.5. The first-order valence-corrected chi connectivity index (χ1v) is 7.70. The van der Waals surface area contributed by atoms with Gasteiger partial charge in [0.15, 0.2) is 0 Å². The highest BCUT2D eigenvalue weighted by molar-refractivity contribution is 5.48. The van der Waals surface area contributed by atoms with Gasteiger partial charge < -0.3 is 15.1 Å². The number of pyridine rings is 1. The van der Waals surface area contributed by atoms with E-state index in [1.807, 2.05) is 25.2 Å². The number of hydrogen-bond donors (Lipinski definition) is 1. The van der Waals surface area contributed by atoms with Crippen molar-refractivity contribution in [3.63, 3.8) is 0 Å². The minimum Gasteiger partial charge on any atom is -0.381 e. The Bertz CT molecular complexity index is 399. The summed E-state index contributed by atoms with van der Waals surface area (Å²) in [5.74, 6) is 1.00. The van der Waals surface area contributed by atoms with Crippen LogP contribution in [0.3, 0.4) is 0 Å². The Morgan fingerprint density at radius 2 is 2.05 bits per heavy atom. The lowest BCUT2D eigenvalue weighted by Crippen LogP contribution is -2.32. The number of aromatic nitrogens is 1. The van der Waals surface area contributed by atoms with E-state index < -0.39 is 0 Å². The maximum Gasteiger partial charge on any atom is 0.128 e. The molecule has 1 aliphatic rings. The number of nitrogens with one attached hydrogen (secondary N) is 1. The Morgan fingerprint density at radius 1 is 1.25 bits per heavy atom. The quantitative estimate of drug-likeness (QED) is 0.916. The maximum absolute atomic E-state index is 4.46. The van der Waals surface area contributed by atoms with Crippen LogP contribution < -0.4 is 10.2 Å². The Morgan fingerprint density at radius 3 is 2.65 bits per heavy atom. The molecule has 0 amide bonds. The van der Waals surface area contributed by atoms with Crippen molar-refractivity contribution in [2.75, 3.05) is 37.4 Å². The number of likely N-dealkylation sites (tertiary alicyclic amines) is 1. The number of hydrogen-bond acceptors (Lipinski definition) is 4. The van der Waals surface area contributed by atoms with Gasteiger partial charge in [-0.1, -0.05) is 0 Å². The maximum atomic E-state index is 4.46. The lowest BCUT2D eigenvalue weighted by Gasteiger charge is -2.24. The Kier molecular flexibility index (Phi) is 5.24. The zero-order valence-corrected chi connectivity index (χ0v) is 13.3. The van der Waals surface area contributed by atoms with Gasteiger partial charge in [-0.05, 0) is 51.8 Å². The molecular weight excluding hydrogens is 248 g/mol. The van der Waals surface area contributed by atoms with E-state index in [0.29, 0.717) is 12.1 Å². The van der Waals surface area contributed by atoms with E-state index in [1.165, 1.54) is 32.4 Å². The van der Waals surface area contributed by atoms with E-state index >= 15 is 0 Å². The highest BCUT2D eigenvalue weighted by Gasteiger charge is 2.18. The average Bonchev–Trinajstić information content (AvgIpc) is 2.65. The van der Waals surface area contributed by atoms with Crippen molar-refractivity contribution in [1.29, 1.82) is 0 Å². The summed E-state index contributed by atoms with van der Waals surface area (Å²) in [5.41, 5.74) is 1.14. The number of nitrogens with zero attached hydrogens (tertiary/aromatic N) is 3. The normalized spacial score (nSPS) is 20.8. The smallest absolute Gasteiger partial charge is 0.128 e. The van der Waals surface area contributed by atoms with Crippen molar-refractivity contribution in [1.82, 2.24) is 9.88 Å². The monoisotopic (exact) mass is 276 g/mol. The third kappa shape index (κ3) is 4.10. The van der Waals surface area contributed by atoms with Crippen molar-refractivity contribution < 1.29 is 0 Å². The minimum absolute atomic E-state index is 0.575. The predicted octanol–water partition coefficient (Wildman–Crippen LogP) is 2.82. The molecule has 4 heteroatoms. The molecule has 0 spiro atoms.